The van der Waals surface area contributed by atoms with Crippen molar-refractivity contribution in [2.75, 3.05) is 6.73 Å². The Labute approximate surface area is 172 Å². The second-order valence-corrected chi connectivity index (χ2v) is 7.73. The molecule has 0 bridgehead atoms. The fraction of sp³-hybridized carbons (Fsp3) is 0.318. The van der Waals surface area contributed by atoms with Gasteiger partial charge in [-0.1, -0.05) is 36.4 Å². The highest BCUT2D eigenvalue weighted by Crippen LogP contribution is 2.44. The standard InChI is InChI=1S/C22H21F2NO5/c1-13-18(14-7-5-4-6-8-14)20(27)25(12-28-13)21(2,3)19(26)15-9-10-16-17(11-15)30-22(23,24)29-16/h4-11,19,26H,12H2,1-3H3. The van der Waals surface area contributed by atoms with Crippen LogP contribution in [0.1, 0.15) is 38.0 Å². The molecule has 2 aliphatic rings. The summed E-state index contributed by atoms with van der Waals surface area (Å²) in [4.78, 5) is 14.7. The van der Waals surface area contributed by atoms with Gasteiger partial charge in [0.25, 0.3) is 5.91 Å². The van der Waals surface area contributed by atoms with E-state index in [0.717, 1.165) is 0 Å². The van der Waals surface area contributed by atoms with E-state index in [2.05, 4.69) is 9.47 Å². The molecule has 6 nitrogen and oxygen atoms in total. The van der Waals surface area contributed by atoms with Crippen molar-refractivity contribution in [1.29, 1.82) is 0 Å². The van der Waals surface area contributed by atoms with Gasteiger partial charge >= 0.3 is 6.29 Å². The number of ether oxygens (including phenoxy) is 3. The van der Waals surface area contributed by atoms with Gasteiger partial charge in [-0.25, -0.2) is 0 Å². The summed E-state index contributed by atoms with van der Waals surface area (Å²) in [5.41, 5.74) is 0.307. The smallest absolute Gasteiger partial charge is 0.477 e. The van der Waals surface area contributed by atoms with Crippen LogP contribution in [-0.2, 0) is 9.53 Å². The Balaban J connectivity index is 1.63. The third kappa shape index (κ3) is 3.37. The number of hydrogen-bond donors (Lipinski definition) is 1. The van der Waals surface area contributed by atoms with Crippen LogP contribution in [0.4, 0.5) is 8.78 Å². The zero-order valence-corrected chi connectivity index (χ0v) is 16.7. The summed E-state index contributed by atoms with van der Waals surface area (Å²) >= 11 is 0. The first kappa shape index (κ1) is 20.2. The third-order valence-electron chi connectivity index (χ3n) is 5.39. The Morgan fingerprint density at radius 1 is 1.10 bits per heavy atom. The first-order valence-corrected chi connectivity index (χ1v) is 9.39. The van der Waals surface area contributed by atoms with E-state index in [0.29, 0.717) is 22.5 Å². The van der Waals surface area contributed by atoms with E-state index < -0.39 is 17.9 Å². The van der Waals surface area contributed by atoms with Gasteiger partial charge in [0.05, 0.1) is 11.1 Å². The molecular formula is C22H21F2NO5. The highest BCUT2D eigenvalue weighted by molar-refractivity contribution is 6.20. The number of carbonyl (C=O) groups is 1. The largest absolute Gasteiger partial charge is 0.586 e. The predicted molar refractivity (Wildman–Crippen MR) is 104 cm³/mol. The minimum Gasteiger partial charge on any atom is -0.477 e. The fourth-order valence-corrected chi connectivity index (χ4v) is 3.63. The number of nitrogens with zero attached hydrogens (tertiary/aromatic N) is 1. The molecule has 30 heavy (non-hydrogen) atoms. The van der Waals surface area contributed by atoms with Crippen molar-refractivity contribution in [1.82, 2.24) is 4.90 Å². The first-order chi connectivity index (χ1) is 14.1. The molecule has 2 aromatic carbocycles. The number of halogens is 2. The van der Waals surface area contributed by atoms with E-state index >= 15 is 0 Å². The number of aliphatic hydroxyl groups excluding tert-OH is 1. The van der Waals surface area contributed by atoms with Crippen molar-refractivity contribution in [3.63, 3.8) is 0 Å². The van der Waals surface area contributed by atoms with Crippen LogP contribution in [0, 0.1) is 0 Å². The topological polar surface area (TPSA) is 68.2 Å². The average molecular weight is 417 g/mol. The summed E-state index contributed by atoms with van der Waals surface area (Å²) in [7, 11) is 0. The summed E-state index contributed by atoms with van der Waals surface area (Å²) in [5.74, 6) is -0.0790. The van der Waals surface area contributed by atoms with Gasteiger partial charge in [0.15, 0.2) is 18.2 Å². The molecule has 8 heteroatoms. The maximum Gasteiger partial charge on any atom is 0.586 e. The van der Waals surface area contributed by atoms with Gasteiger partial charge in [0.1, 0.15) is 11.9 Å². The van der Waals surface area contributed by atoms with Crippen LogP contribution in [0.25, 0.3) is 5.57 Å². The zero-order valence-electron chi connectivity index (χ0n) is 16.7. The molecule has 4 rings (SSSR count). The lowest BCUT2D eigenvalue weighted by Gasteiger charge is -2.44. The molecule has 0 spiro atoms. The zero-order chi connectivity index (χ0) is 21.7. The molecule has 1 amide bonds. The van der Waals surface area contributed by atoms with Crippen LogP contribution in [0.5, 0.6) is 11.5 Å². The van der Waals surface area contributed by atoms with Crippen LogP contribution in [0.3, 0.4) is 0 Å². The van der Waals surface area contributed by atoms with E-state index in [1.165, 1.54) is 23.1 Å². The van der Waals surface area contributed by atoms with Gasteiger partial charge in [-0.3, -0.25) is 9.69 Å². The van der Waals surface area contributed by atoms with E-state index in [1.807, 2.05) is 30.3 Å². The summed E-state index contributed by atoms with van der Waals surface area (Å²) < 4.78 is 41.2. The normalized spacial score (nSPS) is 19.0. The summed E-state index contributed by atoms with van der Waals surface area (Å²) in [6, 6.07) is 13.2. The Morgan fingerprint density at radius 2 is 1.77 bits per heavy atom. The molecule has 158 valence electrons. The number of rotatable bonds is 4. The Bertz CT molecular complexity index is 1020. The monoisotopic (exact) mass is 417 g/mol. The molecule has 0 saturated carbocycles. The minimum absolute atomic E-state index is 0.0479. The van der Waals surface area contributed by atoms with Crippen LogP contribution >= 0.6 is 0 Å². The van der Waals surface area contributed by atoms with Crippen molar-refractivity contribution in [3.8, 4) is 11.5 Å². The van der Waals surface area contributed by atoms with Gasteiger partial charge in [0.2, 0.25) is 0 Å². The van der Waals surface area contributed by atoms with Crippen molar-refractivity contribution >= 4 is 11.5 Å². The number of amides is 1. The number of alkyl halides is 2. The van der Waals surface area contributed by atoms with E-state index in [4.69, 9.17) is 4.74 Å². The Hall–Kier alpha value is -3.13. The fourth-order valence-electron chi connectivity index (χ4n) is 3.63. The predicted octanol–water partition coefficient (Wildman–Crippen LogP) is 4.07. The van der Waals surface area contributed by atoms with Crippen LogP contribution in [-0.4, -0.2) is 34.5 Å². The van der Waals surface area contributed by atoms with Crippen molar-refractivity contribution in [2.24, 2.45) is 0 Å². The molecule has 0 aliphatic carbocycles. The number of aliphatic hydroxyl groups is 1. The molecule has 1 N–H and O–H groups in total. The highest BCUT2D eigenvalue weighted by atomic mass is 19.3. The van der Waals surface area contributed by atoms with E-state index in [9.17, 15) is 18.7 Å². The van der Waals surface area contributed by atoms with Crippen molar-refractivity contribution < 1.29 is 32.9 Å². The van der Waals surface area contributed by atoms with Crippen LogP contribution < -0.4 is 9.47 Å². The maximum atomic E-state index is 13.3. The molecule has 2 aromatic rings. The molecule has 1 atom stereocenters. The maximum absolute atomic E-state index is 13.3. The summed E-state index contributed by atoms with van der Waals surface area (Å²) in [6.45, 7) is 5.04. The lowest BCUT2D eigenvalue weighted by atomic mass is 9.88. The average Bonchev–Trinajstić information content (AvgIpc) is 3.00. The second kappa shape index (κ2) is 6.98. The minimum atomic E-state index is -3.75. The number of hydrogen-bond acceptors (Lipinski definition) is 5. The Morgan fingerprint density at radius 3 is 2.47 bits per heavy atom. The molecule has 0 radical (unpaired) electrons. The van der Waals surface area contributed by atoms with Gasteiger partial charge in [-0.15, -0.1) is 8.78 Å². The molecule has 2 heterocycles. The van der Waals surface area contributed by atoms with Gasteiger partial charge < -0.3 is 19.3 Å². The summed E-state index contributed by atoms with van der Waals surface area (Å²) in [6.07, 6.45) is -4.95. The van der Waals surface area contributed by atoms with E-state index in [1.54, 1.807) is 20.8 Å². The molecule has 0 aromatic heterocycles. The number of carbonyl (C=O) groups excluding carboxylic acids is 1. The number of fused-ring (bicyclic) bond motifs is 1. The van der Waals surface area contributed by atoms with Crippen molar-refractivity contribution in [2.45, 2.75) is 38.7 Å². The third-order valence-corrected chi connectivity index (χ3v) is 5.39. The van der Waals surface area contributed by atoms with Gasteiger partial charge in [-0.05, 0) is 44.0 Å². The second-order valence-electron chi connectivity index (χ2n) is 7.73. The first-order valence-electron chi connectivity index (χ1n) is 9.39. The number of benzene rings is 2. The van der Waals surface area contributed by atoms with Crippen molar-refractivity contribution in [3.05, 3.63) is 65.4 Å². The van der Waals surface area contributed by atoms with Crippen LogP contribution in [0.15, 0.2) is 54.3 Å². The summed E-state index contributed by atoms with van der Waals surface area (Å²) in [5, 5.41) is 11.1. The van der Waals surface area contributed by atoms with Gasteiger partial charge in [0, 0.05) is 0 Å². The quantitative estimate of drug-likeness (QED) is 0.812. The lowest BCUT2D eigenvalue weighted by Crippen LogP contribution is -2.54. The molecule has 1 unspecified atom stereocenters. The van der Waals surface area contributed by atoms with E-state index in [-0.39, 0.29) is 24.1 Å². The highest BCUT2D eigenvalue weighted by Gasteiger charge is 2.45. The number of allylic oxidation sites excluding steroid dienone is 1. The van der Waals surface area contributed by atoms with Gasteiger partial charge in [-0.2, -0.15) is 0 Å². The molecule has 0 saturated heterocycles. The lowest BCUT2D eigenvalue weighted by molar-refractivity contribution is -0.286. The molecule has 0 fully saturated rings. The SMILES string of the molecule is CC1=C(c2ccccc2)C(=O)N(C(C)(C)C(O)c2ccc3c(c2)OC(F)(F)O3)CO1. The molecular weight excluding hydrogens is 396 g/mol. The molecule has 2 aliphatic heterocycles. The Kier molecular flexibility index (Phi) is 4.69. The van der Waals surface area contributed by atoms with Crippen LogP contribution in [0.2, 0.25) is 0 Å².